The Morgan fingerprint density at radius 3 is 2.81 bits per heavy atom. The Morgan fingerprint density at radius 2 is 1.96 bits per heavy atom. The summed E-state index contributed by atoms with van der Waals surface area (Å²) in [6, 6.07) is 18.0. The number of nitrogens with zero attached hydrogens (tertiary/aromatic N) is 1. The van der Waals surface area contributed by atoms with Gasteiger partial charge in [0.15, 0.2) is 12.4 Å². The van der Waals surface area contributed by atoms with Crippen LogP contribution in [0.4, 0.5) is 11.4 Å². The normalized spacial score (nSPS) is 12.5. The van der Waals surface area contributed by atoms with Gasteiger partial charge in [0.05, 0.1) is 6.26 Å². The molecule has 2 aromatic carbocycles. The van der Waals surface area contributed by atoms with Gasteiger partial charge < -0.3 is 19.4 Å². The predicted molar refractivity (Wildman–Crippen MR) is 101 cm³/mol. The van der Waals surface area contributed by atoms with Gasteiger partial charge in [0, 0.05) is 24.0 Å². The standard InChI is InChI=1S/C21H18N2O4/c24-20(23-11-10-15-5-1-2-8-18(15)23)14-27-17-7-3-6-16(13-17)22-21(25)19-9-4-12-26-19/h1-9,12-13H,10-11,14H2,(H,22,25). The summed E-state index contributed by atoms with van der Waals surface area (Å²) in [7, 11) is 0. The molecule has 2 heterocycles. The molecule has 0 spiro atoms. The largest absolute Gasteiger partial charge is 0.484 e. The highest BCUT2D eigenvalue weighted by atomic mass is 16.5. The molecule has 1 aliphatic heterocycles. The van der Waals surface area contributed by atoms with Crippen molar-refractivity contribution in [2.45, 2.75) is 6.42 Å². The van der Waals surface area contributed by atoms with Gasteiger partial charge in [-0.15, -0.1) is 0 Å². The predicted octanol–water partition coefficient (Wildman–Crippen LogP) is 3.50. The first-order valence-electron chi connectivity index (χ1n) is 8.67. The minimum absolute atomic E-state index is 0.0656. The SMILES string of the molecule is O=C(Nc1cccc(OCC(=O)N2CCc3ccccc32)c1)c1ccco1. The van der Waals surface area contributed by atoms with E-state index in [1.54, 1.807) is 41.3 Å². The van der Waals surface area contributed by atoms with Gasteiger partial charge in [-0.3, -0.25) is 9.59 Å². The monoisotopic (exact) mass is 362 g/mol. The highest BCUT2D eigenvalue weighted by molar-refractivity contribution is 6.02. The fraction of sp³-hybridized carbons (Fsp3) is 0.143. The number of rotatable bonds is 5. The van der Waals surface area contributed by atoms with Gasteiger partial charge in [0.2, 0.25) is 0 Å². The minimum Gasteiger partial charge on any atom is -0.484 e. The Balaban J connectivity index is 1.38. The van der Waals surface area contributed by atoms with E-state index < -0.39 is 0 Å². The summed E-state index contributed by atoms with van der Waals surface area (Å²) < 4.78 is 10.7. The zero-order valence-electron chi connectivity index (χ0n) is 14.6. The van der Waals surface area contributed by atoms with Crippen LogP contribution in [0.1, 0.15) is 16.1 Å². The molecular formula is C21H18N2O4. The van der Waals surface area contributed by atoms with Crippen LogP contribution in [0.25, 0.3) is 0 Å². The molecule has 0 atom stereocenters. The van der Waals surface area contributed by atoms with Crippen LogP contribution in [-0.4, -0.2) is 25.0 Å². The second kappa shape index (κ2) is 7.37. The summed E-state index contributed by atoms with van der Waals surface area (Å²) in [6.07, 6.45) is 2.30. The van der Waals surface area contributed by atoms with Crippen molar-refractivity contribution in [1.82, 2.24) is 0 Å². The molecule has 6 nitrogen and oxygen atoms in total. The van der Waals surface area contributed by atoms with Gasteiger partial charge in [-0.25, -0.2) is 0 Å². The minimum atomic E-state index is -0.345. The summed E-state index contributed by atoms with van der Waals surface area (Å²) in [5.41, 5.74) is 2.69. The number of hydrogen-bond acceptors (Lipinski definition) is 4. The van der Waals surface area contributed by atoms with E-state index in [1.807, 2.05) is 24.3 Å². The average Bonchev–Trinajstić information content (AvgIpc) is 3.36. The summed E-state index contributed by atoms with van der Waals surface area (Å²) in [5.74, 6) is 0.296. The molecule has 0 radical (unpaired) electrons. The van der Waals surface area contributed by atoms with E-state index in [0.29, 0.717) is 18.0 Å². The van der Waals surface area contributed by atoms with E-state index in [9.17, 15) is 9.59 Å². The van der Waals surface area contributed by atoms with Gasteiger partial charge in [0.25, 0.3) is 11.8 Å². The lowest BCUT2D eigenvalue weighted by atomic mass is 10.2. The van der Waals surface area contributed by atoms with E-state index in [0.717, 1.165) is 12.1 Å². The third kappa shape index (κ3) is 3.69. The van der Waals surface area contributed by atoms with Crippen LogP contribution in [0.5, 0.6) is 5.75 Å². The van der Waals surface area contributed by atoms with Gasteiger partial charge in [-0.1, -0.05) is 24.3 Å². The van der Waals surface area contributed by atoms with Crippen molar-refractivity contribution in [3.05, 3.63) is 78.3 Å². The summed E-state index contributed by atoms with van der Waals surface area (Å²) in [4.78, 5) is 26.3. The zero-order valence-corrected chi connectivity index (χ0v) is 14.6. The molecule has 0 unspecified atom stereocenters. The number of ether oxygens (including phenoxy) is 1. The Hall–Kier alpha value is -3.54. The van der Waals surface area contributed by atoms with Crippen molar-refractivity contribution in [2.75, 3.05) is 23.4 Å². The summed E-state index contributed by atoms with van der Waals surface area (Å²) in [5, 5.41) is 2.73. The van der Waals surface area contributed by atoms with E-state index in [1.165, 1.54) is 11.8 Å². The quantitative estimate of drug-likeness (QED) is 0.754. The second-order valence-corrected chi connectivity index (χ2v) is 6.17. The molecule has 0 saturated carbocycles. The number of para-hydroxylation sites is 1. The van der Waals surface area contributed by atoms with E-state index in [4.69, 9.17) is 9.15 Å². The topological polar surface area (TPSA) is 71.8 Å². The highest BCUT2D eigenvalue weighted by Gasteiger charge is 2.24. The Kier molecular flexibility index (Phi) is 4.61. The van der Waals surface area contributed by atoms with Crippen molar-refractivity contribution in [3.8, 4) is 5.75 Å². The molecule has 0 bridgehead atoms. The first-order chi connectivity index (χ1) is 13.2. The van der Waals surface area contributed by atoms with E-state index >= 15 is 0 Å². The Bertz CT molecular complexity index is 966. The van der Waals surface area contributed by atoms with Crippen LogP contribution in [0.3, 0.4) is 0 Å². The van der Waals surface area contributed by atoms with Gasteiger partial charge in [0.1, 0.15) is 5.75 Å². The van der Waals surface area contributed by atoms with Crippen molar-refractivity contribution < 1.29 is 18.7 Å². The van der Waals surface area contributed by atoms with Crippen molar-refractivity contribution >= 4 is 23.2 Å². The lowest BCUT2D eigenvalue weighted by Gasteiger charge is -2.17. The lowest BCUT2D eigenvalue weighted by molar-refractivity contribution is -0.120. The third-order valence-electron chi connectivity index (χ3n) is 4.39. The number of furan rings is 1. The van der Waals surface area contributed by atoms with E-state index in [2.05, 4.69) is 5.32 Å². The molecule has 27 heavy (non-hydrogen) atoms. The lowest BCUT2D eigenvalue weighted by Crippen LogP contribution is -2.33. The Labute approximate surface area is 156 Å². The number of hydrogen-bond donors (Lipinski definition) is 1. The fourth-order valence-electron chi connectivity index (χ4n) is 3.08. The second-order valence-electron chi connectivity index (χ2n) is 6.17. The number of fused-ring (bicyclic) bond motifs is 1. The fourth-order valence-corrected chi connectivity index (χ4v) is 3.08. The Morgan fingerprint density at radius 1 is 1.07 bits per heavy atom. The zero-order chi connectivity index (χ0) is 18.6. The maximum absolute atomic E-state index is 12.5. The third-order valence-corrected chi connectivity index (χ3v) is 4.39. The molecule has 1 N–H and O–H groups in total. The van der Waals surface area contributed by atoms with Gasteiger partial charge in [-0.2, -0.15) is 0 Å². The maximum Gasteiger partial charge on any atom is 0.291 e. The highest BCUT2D eigenvalue weighted by Crippen LogP contribution is 2.27. The first kappa shape index (κ1) is 16.9. The number of anilines is 2. The molecule has 4 rings (SSSR count). The number of benzene rings is 2. The van der Waals surface area contributed by atoms with E-state index in [-0.39, 0.29) is 24.2 Å². The van der Waals surface area contributed by atoms with Crippen LogP contribution >= 0.6 is 0 Å². The smallest absolute Gasteiger partial charge is 0.291 e. The van der Waals surface area contributed by atoms with Gasteiger partial charge >= 0.3 is 0 Å². The molecule has 136 valence electrons. The van der Waals surface area contributed by atoms with Crippen LogP contribution in [0.2, 0.25) is 0 Å². The van der Waals surface area contributed by atoms with Crippen LogP contribution in [0.15, 0.2) is 71.3 Å². The molecule has 0 fully saturated rings. The van der Waals surface area contributed by atoms with Crippen LogP contribution < -0.4 is 15.0 Å². The number of amides is 2. The number of carbonyl (C=O) groups is 2. The summed E-state index contributed by atoms with van der Waals surface area (Å²) >= 11 is 0. The molecule has 0 saturated heterocycles. The molecular weight excluding hydrogens is 344 g/mol. The number of nitrogens with one attached hydrogen (secondary N) is 1. The molecule has 1 aromatic heterocycles. The van der Waals surface area contributed by atoms with Crippen LogP contribution in [0, 0.1) is 0 Å². The van der Waals surface area contributed by atoms with Crippen molar-refractivity contribution in [1.29, 1.82) is 0 Å². The van der Waals surface area contributed by atoms with Crippen LogP contribution in [-0.2, 0) is 11.2 Å². The number of carbonyl (C=O) groups excluding carboxylic acids is 2. The molecule has 2 amide bonds. The first-order valence-corrected chi connectivity index (χ1v) is 8.67. The molecule has 0 aliphatic carbocycles. The average molecular weight is 362 g/mol. The van der Waals surface area contributed by atoms with Crippen molar-refractivity contribution in [2.24, 2.45) is 0 Å². The maximum atomic E-state index is 12.5. The molecule has 6 heteroatoms. The summed E-state index contributed by atoms with van der Waals surface area (Å²) in [6.45, 7) is 0.602. The molecule has 1 aliphatic rings. The molecule has 3 aromatic rings. The van der Waals surface area contributed by atoms with Gasteiger partial charge in [-0.05, 0) is 42.3 Å². The van der Waals surface area contributed by atoms with Crippen molar-refractivity contribution in [3.63, 3.8) is 0 Å².